The molecule has 1 saturated carbocycles. The molecule has 1 saturated heterocycles. The van der Waals surface area contributed by atoms with Crippen LogP contribution < -0.4 is 10.6 Å². The lowest BCUT2D eigenvalue weighted by atomic mass is 9.82. The monoisotopic (exact) mass is 438 g/mol. The number of ether oxygens (including phenoxy) is 1. The topological polar surface area (TPSA) is 67.4 Å². The summed E-state index contributed by atoms with van der Waals surface area (Å²) in [6.07, 6.45) is 5.55. The van der Waals surface area contributed by atoms with Crippen LogP contribution in [0.15, 0.2) is 60.4 Å². The van der Waals surface area contributed by atoms with Crippen molar-refractivity contribution in [2.45, 2.75) is 44.2 Å². The minimum absolute atomic E-state index is 0.0704. The first-order valence-corrected chi connectivity index (χ1v) is 11.2. The van der Waals surface area contributed by atoms with Gasteiger partial charge >= 0.3 is 0 Å². The lowest BCUT2D eigenvalue weighted by Gasteiger charge is -2.39. The second kappa shape index (κ2) is 10.0. The molecular weight excluding hydrogens is 412 g/mol. The van der Waals surface area contributed by atoms with E-state index in [-0.39, 0.29) is 29.9 Å². The first-order valence-electron chi connectivity index (χ1n) is 10.8. The Morgan fingerprint density at radius 3 is 2.81 bits per heavy atom. The minimum Gasteiger partial charge on any atom is -0.483 e. The van der Waals surface area contributed by atoms with Crippen molar-refractivity contribution in [3.63, 3.8) is 0 Å². The maximum Gasteiger partial charge on any atom is 0.286 e. The first kappa shape index (κ1) is 21.4. The molecule has 5 nitrogen and oxygen atoms in total. The van der Waals surface area contributed by atoms with E-state index in [1.807, 2.05) is 30.3 Å². The fraction of sp³-hybridized carbons (Fsp3) is 0.360. The summed E-state index contributed by atoms with van der Waals surface area (Å²) < 4.78 is 6.00. The largest absolute Gasteiger partial charge is 0.483 e. The summed E-state index contributed by atoms with van der Waals surface area (Å²) in [5.41, 5.74) is 2.10. The molecule has 0 bridgehead atoms. The molecule has 4 rings (SSSR count). The smallest absolute Gasteiger partial charge is 0.286 e. The molecule has 162 valence electrons. The minimum atomic E-state index is -0.245. The van der Waals surface area contributed by atoms with Gasteiger partial charge in [0.25, 0.3) is 5.91 Å². The highest BCUT2D eigenvalue weighted by molar-refractivity contribution is 6.30. The Morgan fingerprint density at radius 1 is 1.16 bits per heavy atom. The molecule has 0 aromatic heterocycles. The van der Waals surface area contributed by atoms with Crippen molar-refractivity contribution in [1.82, 2.24) is 10.6 Å². The molecule has 1 aliphatic carbocycles. The number of amides is 2. The predicted octanol–water partition coefficient (Wildman–Crippen LogP) is 4.11. The highest BCUT2D eigenvalue weighted by Gasteiger charge is 2.40. The molecule has 1 aliphatic heterocycles. The van der Waals surface area contributed by atoms with Gasteiger partial charge in [0.15, 0.2) is 5.76 Å². The molecule has 2 aliphatic rings. The molecule has 2 N–H and O–H groups in total. The number of carbonyl (C=O) groups is 2. The lowest BCUT2D eigenvalue weighted by molar-refractivity contribution is -0.134. The van der Waals surface area contributed by atoms with Crippen LogP contribution in [0.3, 0.4) is 0 Å². The van der Waals surface area contributed by atoms with E-state index >= 15 is 0 Å². The van der Waals surface area contributed by atoms with E-state index in [0.29, 0.717) is 23.7 Å². The van der Waals surface area contributed by atoms with E-state index in [9.17, 15) is 9.59 Å². The van der Waals surface area contributed by atoms with Gasteiger partial charge in [-0.25, -0.2) is 0 Å². The van der Waals surface area contributed by atoms with Gasteiger partial charge in [-0.2, -0.15) is 0 Å². The summed E-state index contributed by atoms with van der Waals surface area (Å²) in [6, 6.07) is 17.4. The third-order valence-corrected chi connectivity index (χ3v) is 6.14. The summed E-state index contributed by atoms with van der Waals surface area (Å²) in [7, 11) is 0. The van der Waals surface area contributed by atoms with Crippen LogP contribution in [-0.4, -0.2) is 30.5 Å². The van der Waals surface area contributed by atoms with Gasteiger partial charge in [-0.3, -0.25) is 9.59 Å². The molecule has 3 atom stereocenters. The van der Waals surface area contributed by atoms with E-state index in [1.54, 1.807) is 18.2 Å². The number of carbonyl (C=O) groups excluding carboxylic acids is 2. The van der Waals surface area contributed by atoms with E-state index < -0.39 is 0 Å². The Kier molecular flexibility index (Phi) is 6.92. The summed E-state index contributed by atoms with van der Waals surface area (Å²) in [5, 5.41) is 6.70. The van der Waals surface area contributed by atoms with Crippen LogP contribution in [0.4, 0.5) is 0 Å². The third kappa shape index (κ3) is 5.67. The van der Waals surface area contributed by atoms with Crippen LogP contribution in [0.5, 0.6) is 0 Å². The average molecular weight is 439 g/mol. The van der Waals surface area contributed by atoms with Gasteiger partial charge in [0, 0.05) is 17.5 Å². The summed E-state index contributed by atoms with van der Waals surface area (Å²) in [4.78, 5) is 25.1. The third-order valence-electron chi connectivity index (χ3n) is 5.91. The molecule has 3 unspecified atom stereocenters. The van der Waals surface area contributed by atoms with Crippen LogP contribution in [0.25, 0.3) is 6.08 Å². The normalized spacial score (nSPS) is 24.1. The molecule has 2 aromatic rings. The molecule has 1 heterocycles. The molecule has 0 spiro atoms. The number of aryl methyl sites for hydroxylation is 1. The summed E-state index contributed by atoms with van der Waals surface area (Å²) >= 11 is 6.02. The second-order valence-corrected chi connectivity index (χ2v) is 8.63. The maximum atomic E-state index is 12.6. The van der Waals surface area contributed by atoms with Crippen LogP contribution in [0.1, 0.15) is 36.8 Å². The van der Waals surface area contributed by atoms with Crippen LogP contribution in [-0.2, 0) is 20.7 Å². The first-order chi connectivity index (χ1) is 15.1. The SMILES string of the molecule is O=C1NC2CC(C(=O)NCCCc3ccccc3)CCC2O/C1=C/c1cccc(Cl)c1. The molecule has 0 radical (unpaired) electrons. The highest BCUT2D eigenvalue weighted by Crippen LogP contribution is 2.31. The summed E-state index contributed by atoms with van der Waals surface area (Å²) in [5.74, 6) is 0.0267. The van der Waals surface area contributed by atoms with Crippen LogP contribution >= 0.6 is 11.6 Å². The average Bonchev–Trinajstić information content (AvgIpc) is 2.77. The zero-order valence-corrected chi connectivity index (χ0v) is 18.1. The fourth-order valence-electron chi connectivity index (χ4n) is 4.27. The van der Waals surface area contributed by atoms with Gasteiger partial charge < -0.3 is 15.4 Å². The molecule has 31 heavy (non-hydrogen) atoms. The number of morpholine rings is 1. The van der Waals surface area contributed by atoms with Gasteiger partial charge in [0.2, 0.25) is 5.91 Å². The molecule has 2 fully saturated rings. The zero-order chi connectivity index (χ0) is 21.6. The number of rotatable bonds is 6. The van der Waals surface area contributed by atoms with Gasteiger partial charge in [0.1, 0.15) is 6.10 Å². The lowest BCUT2D eigenvalue weighted by Crippen LogP contribution is -2.54. The molecule has 2 amide bonds. The standard InChI is InChI=1S/C25H27ClN2O3/c26-20-10-4-8-18(14-20)15-23-25(30)28-21-16-19(11-12-22(21)31-23)24(29)27-13-5-9-17-6-2-1-3-7-17/h1-4,6-8,10,14-15,19,21-22H,5,9,11-13,16H2,(H,27,29)(H,28,30)/b23-15+. The summed E-state index contributed by atoms with van der Waals surface area (Å²) in [6.45, 7) is 0.660. The number of hydrogen-bond donors (Lipinski definition) is 2. The maximum absolute atomic E-state index is 12.6. The Balaban J connectivity index is 1.26. The fourth-order valence-corrected chi connectivity index (χ4v) is 4.47. The van der Waals surface area contributed by atoms with Gasteiger partial charge in [-0.1, -0.05) is 54.1 Å². The van der Waals surface area contributed by atoms with Gasteiger partial charge in [-0.15, -0.1) is 0 Å². The van der Waals surface area contributed by atoms with Crippen molar-refractivity contribution >= 4 is 29.5 Å². The number of hydrogen-bond acceptors (Lipinski definition) is 3. The predicted molar refractivity (Wildman–Crippen MR) is 121 cm³/mol. The Labute approximate surface area is 187 Å². The number of benzene rings is 2. The van der Waals surface area contributed by atoms with Crippen molar-refractivity contribution < 1.29 is 14.3 Å². The number of fused-ring (bicyclic) bond motifs is 1. The Bertz CT molecular complexity index is 960. The quantitative estimate of drug-likeness (QED) is 0.526. The molecule has 2 aromatic carbocycles. The van der Waals surface area contributed by atoms with Crippen molar-refractivity contribution in [3.05, 3.63) is 76.5 Å². The molecule has 6 heteroatoms. The number of halogens is 1. The van der Waals surface area contributed by atoms with Crippen molar-refractivity contribution in [2.75, 3.05) is 6.54 Å². The van der Waals surface area contributed by atoms with E-state index in [2.05, 4.69) is 22.8 Å². The number of nitrogens with one attached hydrogen (secondary N) is 2. The molecular formula is C25H27ClN2O3. The van der Waals surface area contributed by atoms with E-state index in [4.69, 9.17) is 16.3 Å². The van der Waals surface area contributed by atoms with E-state index in [1.165, 1.54) is 5.56 Å². The highest BCUT2D eigenvalue weighted by atomic mass is 35.5. The van der Waals surface area contributed by atoms with Crippen molar-refractivity contribution in [1.29, 1.82) is 0 Å². The zero-order valence-electron chi connectivity index (χ0n) is 17.4. The van der Waals surface area contributed by atoms with E-state index in [0.717, 1.165) is 31.2 Å². The Morgan fingerprint density at radius 2 is 2.00 bits per heavy atom. The van der Waals surface area contributed by atoms with Gasteiger partial charge in [0.05, 0.1) is 6.04 Å². The van der Waals surface area contributed by atoms with Crippen LogP contribution in [0.2, 0.25) is 5.02 Å². The van der Waals surface area contributed by atoms with Crippen molar-refractivity contribution in [2.24, 2.45) is 5.92 Å². The van der Waals surface area contributed by atoms with Crippen molar-refractivity contribution in [3.8, 4) is 0 Å². The van der Waals surface area contributed by atoms with Crippen LogP contribution in [0, 0.1) is 5.92 Å². The Hall–Kier alpha value is -2.79. The second-order valence-electron chi connectivity index (χ2n) is 8.19. The van der Waals surface area contributed by atoms with Gasteiger partial charge in [-0.05, 0) is 61.4 Å².